The minimum atomic E-state index is -4.56. The maximum absolute atomic E-state index is 13.3. The third-order valence-electron chi connectivity index (χ3n) is 5.70. The molecule has 1 fully saturated rings. The van der Waals surface area contributed by atoms with E-state index in [4.69, 9.17) is 4.74 Å². The lowest BCUT2D eigenvalue weighted by Gasteiger charge is -2.31. The lowest BCUT2D eigenvalue weighted by molar-refractivity contribution is -0.137. The zero-order valence-electron chi connectivity index (χ0n) is 18.7. The summed E-state index contributed by atoms with van der Waals surface area (Å²) in [7, 11) is 1.18. The summed E-state index contributed by atoms with van der Waals surface area (Å²) in [4.78, 5) is 41.7. The molecule has 178 valence electrons. The Hall–Kier alpha value is -3.30. The summed E-state index contributed by atoms with van der Waals surface area (Å²) in [5, 5.41) is 2.57. The fourth-order valence-electron chi connectivity index (χ4n) is 4.10. The summed E-state index contributed by atoms with van der Waals surface area (Å²) >= 11 is 0. The highest BCUT2D eigenvalue weighted by Gasteiger charge is 2.32. The van der Waals surface area contributed by atoms with Crippen LogP contribution in [0.15, 0.2) is 18.2 Å². The summed E-state index contributed by atoms with van der Waals surface area (Å²) < 4.78 is 44.7. The van der Waals surface area contributed by atoms with E-state index >= 15 is 0 Å². The lowest BCUT2D eigenvalue weighted by atomic mass is 10.1. The number of aromatic nitrogens is 1. The Labute approximate surface area is 189 Å². The van der Waals surface area contributed by atoms with Crippen LogP contribution in [-0.2, 0) is 22.1 Å². The van der Waals surface area contributed by atoms with Crippen LogP contribution in [0.1, 0.15) is 63.9 Å². The van der Waals surface area contributed by atoms with E-state index in [1.807, 2.05) is 4.90 Å². The molecule has 0 atom stereocenters. The topological polar surface area (TPSA) is 91.5 Å². The summed E-state index contributed by atoms with van der Waals surface area (Å²) in [6.45, 7) is 4.23. The minimum Gasteiger partial charge on any atom is -0.465 e. The highest BCUT2D eigenvalue weighted by molar-refractivity contribution is 6.02. The van der Waals surface area contributed by atoms with Crippen molar-refractivity contribution in [3.05, 3.63) is 46.3 Å². The minimum absolute atomic E-state index is 0.0476. The second-order valence-electron chi connectivity index (χ2n) is 8.03. The van der Waals surface area contributed by atoms with Crippen molar-refractivity contribution >= 4 is 29.0 Å². The van der Waals surface area contributed by atoms with Crippen molar-refractivity contribution in [2.24, 2.45) is 0 Å². The standard InChI is InChI=1S/C23H26F3N3O4/c1-13-20(22(32)33-3)17(28-21(13)14(2)30)12-19(31)27-16-11-15(23(24,25)26)7-8-18(16)29-9-5-4-6-10-29/h7-8,11,28H,4-6,9-10,12H2,1-3H3,(H,27,31). The van der Waals surface area contributed by atoms with E-state index in [0.29, 0.717) is 24.3 Å². The molecule has 33 heavy (non-hydrogen) atoms. The number of rotatable bonds is 6. The number of hydrogen-bond acceptors (Lipinski definition) is 5. The normalized spacial score (nSPS) is 14.2. The van der Waals surface area contributed by atoms with Crippen molar-refractivity contribution in [2.45, 2.75) is 45.7 Å². The maximum atomic E-state index is 13.3. The number of halogens is 3. The molecule has 2 N–H and O–H groups in total. The third-order valence-corrected chi connectivity index (χ3v) is 5.70. The van der Waals surface area contributed by atoms with Crippen LogP contribution in [0, 0.1) is 6.92 Å². The number of carbonyl (C=O) groups is 3. The van der Waals surface area contributed by atoms with Gasteiger partial charge in [0.2, 0.25) is 5.91 Å². The number of H-pyrrole nitrogens is 1. The number of anilines is 2. The summed E-state index contributed by atoms with van der Waals surface area (Å²) in [5.74, 6) is -1.67. The molecule has 0 spiro atoms. The summed E-state index contributed by atoms with van der Waals surface area (Å²) in [6, 6.07) is 3.29. The van der Waals surface area contributed by atoms with Gasteiger partial charge in [0.1, 0.15) is 0 Å². The molecule has 10 heteroatoms. The predicted molar refractivity (Wildman–Crippen MR) is 117 cm³/mol. The Kier molecular flexibility index (Phi) is 7.14. The number of ketones is 1. The second-order valence-corrected chi connectivity index (χ2v) is 8.03. The molecular weight excluding hydrogens is 439 g/mol. The van der Waals surface area contributed by atoms with Crippen molar-refractivity contribution in [3.63, 3.8) is 0 Å². The molecule has 2 heterocycles. The van der Waals surface area contributed by atoms with Gasteiger partial charge in [-0.3, -0.25) is 9.59 Å². The van der Waals surface area contributed by atoms with Gasteiger partial charge in [-0.2, -0.15) is 13.2 Å². The lowest BCUT2D eigenvalue weighted by Crippen LogP contribution is -2.30. The largest absolute Gasteiger partial charge is 0.465 e. The number of ether oxygens (including phenoxy) is 1. The van der Waals surface area contributed by atoms with Crippen LogP contribution in [0.4, 0.5) is 24.5 Å². The van der Waals surface area contributed by atoms with E-state index in [9.17, 15) is 27.6 Å². The van der Waals surface area contributed by atoms with Gasteiger partial charge in [-0.1, -0.05) is 0 Å². The summed E-state index contributed by atoms with van der Waals surface area (Å²) in [6.07, 6.45) is -2.06. The van der Waals surface area contributed by atoms with Crippen molar-refractivity contribution in [1.82, 2.24) is 4.98 Å². The van der Waals surface area contributed by atoms with Gasteiger partial charge in [-0.15, -0.1) is 0 Å². The quantitative estimate of drug-likeness (QED) is 0.484. The first-order chi connectivity index (χ1) is 15.5. The van der Waals surface area contributed by atoms with Gasteiger partial charge in [-0.05, 0) is 49.9 Å². The van der Waals surface area contributed by atoms with Crippen molar-refractivity contribution < 1.29 is 32.3 Å². The number of methoxy groups -OCH3 is 1. The number of Topliss-reactive ketones (excluding diaryl/α,β-unsaturated/α-hetero) is 1. The van der Waals surface area contributed by atoms with Crippen LogP contribution in [-0.4, -0.2) is 42.8 Å². The van der Waals surface area contributed by atoms with E-state index in [1.165, 1.54) is 20.1 Å². The van der Waals surface area contributed by atoms with E-state index in [2.05, 4.69) is 10.3 Å². The molecule has 0 saturated carbocycles. The Morgan fingerprint density at radius 1 is 1.15 bits per heavy atom. The van der Waals surface area contributed by atoms with Crippen LogP contribution in [0.25, 0.3) is 0 Å². The number of amides is 1. The highest BCUT2D eigenvalue weighted by atomic mass is 19.4. The Bertz CT molecular complexity index is 1070. The SMILES string of the molecule is COC(=O)c1c(CC(=O)Nc2cc(C(F)(F)F)ccc2N2CCCCC2)[nH]c(C(C)=O)c1C. The molecule has 0 aliphatic carbocycles. The molecule has 1 aliphatic heterocycles. The Balaban J connectivity index is 1.93. The molecule has 1 aliphatic rings. The van der Waals surface area contributed by atoms with E-state index < -0.39 is 23.6 Å². The smallest absolute Gasteiger partial charge is 0.416 e. The molecule has 3 rings (SSSR count). The zero-order chi connectivity index (χ0) is 24.3. The molecule has 0 radical (unpaired) electrons. The van der Waals surface area contributed by atoms with Crippen LogP contribution < -0.4 is 10.2 Å². The van der Waals surface area contributed by atoms with Gasteiger partial charge in [0, 0.05) is 25.7 Å². The van der Waals surface area contributed by atoms with Gasteiger partial charge in [0.25, 0.3) is 0 Å². The molecule has 1 amide bonds. The van der Waals surface area contributed by atoms with Crippen molar-refractivity contribution in [2.75, 3.05) is 30.4 Å². The first-order valence-electron chi connectivity index (χ1n) is 10.6. The molecule has 2 aromatic rings. The fourth-order valence-corrected chi connectivity index (χ4v) is 4.10. The molecule has 1 aromatic heterocycles. The number of alkyl halides is 3. The zero-order valence-corrected chi connectivity index (χ0v) is 18.7. The average molecular weight is 465 g/mol. The first-order valence-corrected chi connectivity index (χ1v) is 10.6. The number of aromatic amines is 1. The Morgan fingerprint density at radius 2 is 1.82 bits per heavy atom. The molecule has 1 saturated heterocycles. The first kappa shape index (κ1) is 24.3. The summed E-state index contributed by atoms with van der Waals surface area (Å²) in [5.41, 5.74) is 0.439. The van der Waals surface area contributed by atoms with E-state index in [-0.39, 0.29) is 34.8 Å². The molecule has 0 bridgehead atoms. The van der Waals surface area contributed by atoms with Gasteiger partial charge in [0.05, 0.1) is 41.7 Å². The van der Waals surface area contributed by atoms with E-state index in [0.717, 1.165) is 31.4 Å². The van der Waals surface area contributed by atoms with E-state index in [1.54, 1.807) is 6.92 Å². The second kappa shape index (κ2) is 9.68. The number of esters is 1. The van der Waals surface area contributed by atoms with Crippen molar-refractivity contribution in [1.29, 1.82) is 0 Å². The van der Waals surface area contributed by atoms with Gasteiger partial charge in [-0.25, -0.2) is 4.79 Å². The number of nitrogens with zero attached hydrogens (tertiary/aromatic N) is 1. The number of benzene rings is 1. The van der Waals surface area contributed by atoms with Crippen LogP contribution in [0.5, 0.6) is 0 Å². The predicted octanol–water partition coefficient (Wildman–Crippen LogP) is 4.50. The fraction of sp³-hybridized carbons (Fsp3) is 0.435. The number of nitrogens with one attached hydrogen (secondary N) is 2. The Morgan fingerprint density at radius 3 is 2.39 bits per heavy atom. The average Bonchev–Trinajstić information content (AvgIpc) is 3.09. The number of carbonyl (C=O) groups excluding carboxylic acids is 3. The van der Waals surface area contributed by atoms with Crippen LogP contribution in [0.3, 0.4) is 0 Å². The van der Waals surface area contributed by atoms with Gasteiger partial charge < -0.3 is 19.9 Å². The number of piperidine rings is 1. The molecule has 1 aromatic carbocycles. The van der Waals surface area contributed by atoms with Gasteiger partial charge >= 0.3 is 12.1 Å². The highest BCUT2D eigenvalue weighted by Crippen LogP contribution is 2.36. The van der Waals surface area contributed by atoms with Crippen LogP contribution >= 0.6 is 0 Å². The monoisotopic (exact) mass is 465 g/mol. The molecule has 7 nitrogen and oxygen atoms in total. The van der Waals surface area contributed by atoms with Gasteiger partial charge in [0.15, 0.2) is 5.78 Å². The van der Waals surface area contributed by atoms with Crippen LogP contribution in [0.2, 0.25) is 0 Å². The number of hydrogen-bond donors (Lipinski definition) is 2. The molecule has 0 unspecified atom stereocenters. The van der Waals surface area contributed by atoms with Crippen molar-refractivity contribution in [3.8, 4) is 0 Å². The maximum Gasteiger partial charge on any atom is 0.416 e. The molecular formula is C23H26F3N3O4. The third kappa shape index (κ3) is 5.37.